The number of hydrogen-bond acceptors (Lipinski definition) is 5. The Kier molecular flexibility index (Phi) is 7.16. The standard InChI is InChI=1S/C26H33FN6O2/c1-26(2,3)22(28)24(35)33-14-4-6-20(33)16-31(15-11-18-7-9-19(27)10-8-18)23(34)21-17-32-13-5-12-29-25(32)30-21/h5,7-10,12-13,17,20,22H,4,6,11,14-16,28H2,1-3H3. The van der Waals surface area contributed by atoms with Crippen LogP contribution in [0.1, 0.15) is 49.7 Å². The molecule has 1 aromatic carbocycles. The third-order valence-electron chi connectivity index (χ3n) is 6.62. The monoisotopic (exact) mass is 480 g/mol. The van der Waals surface area contributed by atoms with E-state index in [1.54, 1.807) is 46.1 Å². The van der Waals surface area contributed by atoms with Crippen LogP contribution in [0.25, 0.3) is 5.78 Å². The fourth-order valence-electron chi connectivity index (χ4n) is 4.41. The van der Waals surface area contributed by atoms with Gasteiger partial charge in [0.1, 0.15) is 11.5 Å². The smallest absolute Gasteiger partial charge is 0.274 e. The molecule has 4 rings (SSSR count). The molecule has 8 nitrogen and oxygen atoms in total. The van der Waals surface area contributed by atoms with Crippen LogP contribution < -0.4 is 5.73 Å². The molecule has 0 saturated carbocycles. The van der Waals surface area contributed by atoms with E-state index >= 15 is 0 Å². The normalized spacial score (nSPS) is 17.1. The minimum Gasteiger partial charge on any atom is -0.337 e. The van der Waals surface area contributed by atoms with Gasteiger partial charge in [-0.2, -0.15) is 0 Å². The summed E-state index contributed by atoms with van der Waals surface area (Å²) in [7, 11) is 0. The summed E-state index contributed by atoms with van der Waals surface area (Å²) in [6.07, 6.45) is 7.31. The van der Waals surface area contributed by atoms with Crippen LogP contribution in [0.5, 0.6) is 0 Å². The largest absolute Gasteiger partial charge is 0.337 e. The number of carbonyl (C=O) groups excluding carboxylic acids is 2. The van der Waals surface area contributed by atoms with Crippen molar-refractivity contribution >= 4 is 17.6 Å². The summed E-state index contributed by atoms with van der Waals surface area (Å²) in [5.41, 5.74) is 7.15. The molecule has 2 atom stereocenters. The van der Waals surface area contributed by atoms with Gasteiger partial charge in [0, 0.05) is 44.3 Å². The number of carbonyl (C=O) groups is 2. The van der Waals surface area contributed by atoms with Gasteiger partial charge in [0.2, 0.25) is 11.7 Å². The molecule has 0 bridgehead atoms. The predicted octanol–water partition coefficient (Wildman–Crippen LogP) is 2.92. The second-order valence-electron chi connectivity index (χ2n) is 10.3. The van der Waals surface area contributed by atoms with Gasteiger partial charge in [-0.15, -0.1) is 0 Å². The van der Waals surface area contributed by atoms with E-state index in [9.17, 15) is 14.0 Å². The third-order valence-corrected chi connectivity index (χ3v) is 6.62. The molecule has 2 unspecified atom stereocenters. The van der Waals surface area contributed by atoms with Gasteiger partial charge in [-0.3, -0.25) is 14.0 Å². The van der Waals surface area contributed by atoms with Crippen molar-refractivity contribution in [3.8, 4) is 0 Å². The summed E-state index contributed by atoms with van der Waals surface area (Å²) in [4.78, 5) is 38.9. The quantitative estimate of drug-likeness (QED) is 0.561. The maximum absolute atomic E-state index is 13.6. The fourth-order valence-corrected chi connectivity index (χ4v) is 4.41. The number of amides is 2. The van der Waals surface area contributed by atoms with E-state index < -0.39 is 6.04 Å². The Morgan fingerprint density at radius 3 is 2.69 bits per heavy atom. The lowest BCUT2D eigenvalue weighted by molar-refractivity contribution is -0.136. The third kappa shape index (κ3) is 5.67. The van der Waals surface area contributed by atoms with Crippen LogP contribution in [0.2, 0.25) is 0 Å². The van der Waals surface area contributed by atoms with Crippen molar-refractivity contribution in [1.29, 1.82) is 0 Å². The van der Waals surface area contributed by atoms with Gasteiger partial charge >= 0.3 is 0 Å². The van der Waals surface area contributed by atoms with Crippen LogP contribution in [0.15, 0.2) is 48.9 Å². The van der Waals surface area contributed by atoms with E-state index in [0.717, 1.165) is 18.4 Å². The Labute approximate surface area is 204 Å². The van der Waals surface area contributed by atoms with Crippen LogP contribution in [0, 0.1) is 11.2 Å². The topological polar surface area (TPSA) is 96.8 Å². The average molecular weight is 481 g/mol. The zero-order valence-electron chi connectivity index (χ0n) is 20.5. The second-order valence-corrected chi connectivity index (χ2v) is 10.3. The number of fused-ring (bicyclic) bond motifs is 1. The number of hydrogen-bond donors (Lipinski definition) is 1. The van der Waals surface area contributed by atoms with Crippen molar-refractivity contribution in [3.05, 3.63) is 66.0 Å². The highest BCUT2D eigenvalue weighted by atomic mass is 19.1. The van der Waals surface area contributed by atoms with Crippen molar-refractivity contribution in [2.45, 2.75) is 52.1 Å². The van der Waals surface area contributed by atoms with Crippen molar-refractivity contribution in [2.75, 3.05) is 19.6 Å². The molecule has 3 aromatic rings. The minimum atomic E-state index is -0.615. The molecule has 0 spiro atoms. The first-order valence-corrected chi connectivity index (χ1v) is 12.0. The molecule has 1 fully saturated rings. The average Bonchev–Trinajstić information content (AvgIpc) is 3.47. The molecule has 1 saturated heterocycles. The van der Waals surface area contributed by atoms with E-state index in [1.807, 2.05) is 25.7 Å². The molecule has 1 aliphatic heterocycles. The summed E-state index contributed by atoms with van der Waals surface area (Å²) in [5.74, 6) is -0.155. The number of likely N-dealkylation sites (tertiary alicyclic amines) is 1. The van der Waals surface area contributed by atoms with E-state index in [1.165, 1.54) is 12.1 Å². The zero-order chi connectivity index (χ0) is 25.2. The lowest BCUT2D eigenvalue weighted by Gasteiger charge is -2.35. The summed E-state index contributed by atoms with van der Waals surface area (Å²) < 4.78 is 15.1. The SMILES string of the molecule is CC(C)(C)C(N)C(=O)N1CCCC1CN(CCc1ccc(F)cc1)C(=O)c1cn2cccnc2n1. The predicted molar refractivity (Wildman–Crippen MR) is 131 cm³/mol. The van der Waals surface area contributed by atoms with Gasteiger partial charge < -0.3 is 15.5 Å². The molecular weight excluding hydrogens is 447 g/mol. The lowest BCUT2D eigenvalue weighted by Crippen LogP contribution is -2.54. The molecular formula is C26H33FN6O2. The highest BCUT2D eigenvalue weighted by Gasteiger charge is 2.37. The number of imidazole rings is 1. The molecule has 2 aromatic heterocycles. The molecule has 3 heterocycles. The Bertz CT molecular complexity index is 1150. The minimum absolute atomic E-state index is 0.0807. The first-order valence-electron chi connectivity index (χ1n) is 12.0. The van der Waals surface area contributed by atoms with Crippen LogP contribution in [-0.2, 0) is 11.2 Å². The van der Waals surface area contributed by atoms with Crippen LogP contribution in [-0.4, -0.2) is 67.7 Å². The molecule has 1 aliphatic rings. The number of nitrogens with zero attached hydrogens (tertiary/aromatic N) is 5. The van der Waals surface area contributed by atoms with E-state index in [2.05, 4.69) is 9.97 Å². The Morgan fingerprint density at radius 1 is 1.26 bits per heavy atom. The second kappa shape index (κ2) is 10.1. The summed E-state index contributed by atoms with van der Waals surface area (Å²) in [5, 5.41) is 0. The Morgan fingerprint density at radius 2 is 2.00 bits per heavy atom. The van der Waals surface area contributed by atoms with E-state index in [0.29, 0.717) is 37.5 Å². The van der Waals surface area contributed by atoms with Gasteiger partial charge in [0.25, 0.3) is 5.91 Å². The summed E-state index contributed by atoms with van der Waals surface area (Å²) in [6.45, 7) is 7.29. The van der Waals surface area contributed by atoms with Crippen molar-refractivity contribution in [2.24, 2.45) is 11.1 Å². The van der Waals surface area contributed by atoms with Gasteiger partial charge in [-0.1, -0.05) is 32.9 Å². The Hall–Kier alpha value is -3.33. The lowest BCUT2D eigenvalue weighted by atomic mass is 9.86. The fraction of sp³-hybridized carbons (Fsp3) is 0.462. The van der Waals surface area contributed by atoms with Crippen molar-refractivity contribution < 1.29 is 14.0 Å². The summed E-state index contributed by atoms with van der Waals surface area (Å²) in [6, 6.07) is 7.32. The molecule has 186 valence electrons. The number of benzene rings is 1. The Balaban J connectivity index is 1.56. The van der Waals surface area contributed by atoms with Gasteiger partial charge in [-0.05, 0) is 48.4 Å². The van der Waals surface area contributed by atoms with Crippen molar-refractivity contribution in [3.63, 3.8) is 0 Å². The highest BCUT2D eigenvalue weighted by Crippen LogP contribution is 2.25. The molecule has 2 N–H and O–H groups in total. The molecule has 35 heavy (non-hydrogen) atoms. The summed E-state index contributed by atoms with van der Waals surface area (Å²) >= 11 is 0. The van der Waals surface area contributed by atoms with E-state index in [-0.39, 0.29) is 29.1 Å². The molecule has 2 amide bonds. The van der Waals surface area contributed by atoms with Crippen molar-refractivity contribution in [1.82, 2.24) is 24.2 Å². The number of aromatic nitrogens is 3. The first-order chi connectivity index (χ1) is 16.6. The van der Waals surface area contributed by atoms with Gasteiger partial charge in [0.05, 0.1) is 6.04 Å². The number of halogens is 1. The molecule has 0 aliphatic carbocycles. The van der Waals surface area contributed by atoms with Gasteiger partial charge in [-0.25, -0.2) is 14.4 Å². The number of rotatable bonds is 7. The zero-order valence-corrected chi connectivity index (χ0v) is 20.5. The van der Waals surface area contributed by atoms with Crippen LogP contribution >= 0.6 is 0 Å². The maximum atomic E-state index is 13.6. The van der Waals surface area contributed by atoms with Crippen LogP contribution in [0.4, 0.5) is 4.39 Å². The maximum Gasteiger partial charge on any atom is 0.274 e. The first kappa shape index (κ1) is 24.8. The van der Waals surface area contributed by atoms with E-state index in [4.69, 9.17) is 5.73 Å². The number of nitrogens with two attached hydrogens (primary N) is 1. The van der Waals surface area contributed by atoms with Gasteiger partial charge in [0.15, 0.2) is 0 Å². The molecule has 9 heteroatoms. The molecule has 0 radical (unpaired) electrons. The van der Waals surface area contributed by atoms with Crippen LogP contribution in [0.3, 0.4) is 0 Å². The highest BCUT2D eigenvalue weighted by molar-refractivity contribution is 5.93.